The monoisotopic (exact) mass is 377 g/mol. The molecule has 1 atom stereocenters. The summed E-state index contributed by atoms with van der Waals surface area (Å²) < 4.78 is 20.0. The minimum absolute atomic E-state index is 0.0136. The van der Waals surface area contributed by atoms with E-state index in [-0.39, 0.29) is 36.6 Å². The van der Waals surface area contributed by atoms with Gasteiger partial charge >= 0.3 is 0 Å². The van der Waals surface area contributed by atoms with E-state index >= 15 is 0 Å². The van der Waals surface area contributed by atoms with E-state index in [1.165, 1.54) is 24.3 Å². The number of aromatic nitrogens is 3. The molecule has 2 aromatic rings. The van der Waals surface area contributed by atoms with Gasteiger partial charge in [-0.3, -0.25) is 4.79 Å². The number of nitrogens with zero attached hydrogens (tertiary/aromatic N) is 3. The summed E-state index contributed by atoms with van der Waals surface area (Å²) in [4.78, 5) is 12.3. The molecule has 1 amide bonds. The normalized spacial score (nSPS) is 16.1. The maximum atomic E-state index is 12.8. The van der Waals surface area contributed by atoms with Crippen molar-refractivity contribution in [2.45, 2.75) is 31.9 Å². The van der Waals surface area contributed by atoms with Crippen molar-refractivity contribution in [3.05, 3.63) is 41.5 Å². The fourth-order valence-electron chi connectivity index (χ4n) is 3.03. The molecule has 1 aliphatic rings. The molecule has 0 aliphatic carbocycles. The zero-order valence-corrected chi connectivity index (χ0v) is 15.2. The first-order valence-corrected chi connectivity index (χ1v) is 9.01. The van der Waals surface area contributed by atoms with E-state index in [0.29, 0.717) is 5.75 Å². The third kappa shape index (κ3) is 5.01. The average Bonchev–Trinajstić information content (AvgIpc) is 3.08. The molecule has 1 aromatic carbocycles. The molecule has 9 heteroatoms. The number of hydrogen-bond acceptors (Lipinski definition) is 6. The molecule has 2 heterocycles. The molecule has 1 aliphatic heterocycles. The Morgan fingerprint density at radius 2 is 2.11 bits per heavy atom. The first-order chi connectivity index (χ1) is 13.0. The second kappa shape index (κ2) is 8.92. The van der Waals surface area contributed by atoms with Gasteiger partial charge in [0.1, 0.15) is 24.3 Å². The van der Waals surface area contributed by atoms with E-state index in [1.54, 1.807) is 0 Å². The fraction of sp³-hybridized carbons (Fsp3) is 0.500. The van der Waals surface area contributed by atoms with Gasteiger partial charge in [0, 0.05) is 6.54 Å². The van der Waals surface area contributed by atoms with Gasteiger partial charge in [0.05, 0.1) is 11.7 Å². The Labute approximate surface area is 156 Å². The summed E-state index contributed by atoms with van der Waals surface area (Å²) in [5.41, 5.74) is 0.983. The van der Waals surface area contributed by atoms with Crippen molar-refractivity contribution in [1.82, 2.24) is 25.6 Å². The number of benzene rings is 1. The predicted octanol–water partition coefficient (Wildman–Crippen LogP) is 0.820. The van der Waals surface area contributed by atoms with Crippen molar-refractivity contribution in [2.75, 3.05) is 26.2 Å². The molecular formula is C18H24FN5O3. The number of hydrogen-bond donors (Lipinski definition) is 3. The van der Waals surface area contributed by atoms with Gasteiger partial charge in [-0.25, -0.2) is 9.07 Å². The molecule has 1 unspecified atom stereocenters. The number of carbonyl (C=O) groups is 1. The molecule has 0 bridgehead atoms. The molecule has 1 fully saturated rings. The smallest absolute Gasteiger partial charge is 0.273 e. The van der Waals surface area contributed by atoms with Crippen LogP contribution in [-0.2, 0) is 0 Å². The van der Waals surface area contributed by atoms with Crippen LogP contribution in [0.5, 0.6) is 5.75 Å². The summed E-state index contributed by atoms with van der Waals surface area (Å²) in [5.74, 6) is -0.292. The standard InChI is InChI=1S/C18H24FN5O3/c1-12-17(22-23-24(12)14-6-8-20-9-7-14)18(26)21-10-15(25)11-27-16-4-2-13(19)3-5-16/h2-5,14-15,20,25H,6-11H2,1H3,(H,21,26). The Kier molecular flexibility index (Phi) is 6.36. The van der Waals surface area contributed by atoms with Gasteiger partial charge in [-0.2, -0.15) is 0 Å². The van der Waals surface area contributed by atoms with Crippen LogP contribution in [0, 0.1) is 12.7 Å². The molecular weight excluding hydrogens is 353 g/mol. The summed E-state index contributed by atoms with van der Waals surface area (Å²) in [6.45, 7) is 3.66. The Hall–Kier alpha value is -2.52. The van der Waals surface area contributed by atoms with Crippen LogP contribution in [0.4, 0.5) is 4.39 Å². The van der Waals surface area contributed by atoms with Crippen molar-refractivity contribution in [3.8, 4) is 5.75 Å². The lowest BCUT2D eigenvalue weighted by atomic mass is 10.1. The largest absolute Gasteiger partial charge is 0.491 e. The summed E-state index contributed by atoms with van der Waals surface area (Å²) >= 11 is 0. The van der Waals surface area contributed by atoms with Crippen molar-refractivity contribution in [1.29, 1.82) is 0 Å². The van der Waals surface area contributed by atoms with Crippen LogP contribution in [0.1, 0.15) is 35.1 Å². The topological polar surface area (TPSA) is 101 Å². The molecule has 1 saturated heterocycles. The zero-order chi connectivity index (χ0) is 19.2. The number of rotatable bonds is 7. The number of carbonyl (C=O) groups excluding carboxylic acids is 1. The minimum atomic E-state index is -0.904. The summed E-state index contributed by atoms with van der Waals surface area (Å²) in [5, 5.41) is 24.0. The molecule has 27 heavy (non-hydrogen) atoms. The second-order valence-electron chi connectivity index (χ2n) is 6.58. The number of piperidine rings is 1. The van der Waals surface area contributed by atoms with Crippen LogP contribution in [0.2, 0.25) is 0 Å². The molecule has 0 radical (unpaired) electrons. The molecule has 1 aromatic heterocycles. The molecule has 0 spiro atoms. The SMILES string of the molecule is Cc1c(C(=O)NCC(O)COc2ccc(F)cc2)nnn1C1CCNCC1. The molecule has 8 nitrogen and oxygen atoms in total. The van der Waals surface area contributed by atoms with Crippen molar-refractivity contribution in [3.63, 3.8) is 0 Å². The van der Waals surface area contributed by atoms with Crippen LogP contribution in [0.15, 0.2) is 24.3 Å². The molecule has 0 saturated carbocycles. The highest BCUT2D eigenvalue weighted by Gasteiger charge is 2.23. The maximum Gasteiger partial charge on any atom is 0.273 e. The van der Waals surface area contributed by atoms with E-state index in [9.17, 15) is 14.3 Å². The number of halogens is 1. The number of aliphatic hydroxyl groups is 1. The quantitative estimate of drug-likeness (QED) is 0.660. The van der Waals surface area contributed by atoms with Crippen LogP contribution < -0.4 is 15.4 Å². The van der Waals surface area contributed by atoms with Gasteiger partial charge in [0.2, 0.25) is 0 Å². The summed E-state index contributed by atoms with van der Waals surface area (Å²) in [7, 11) is 0. The number of aliphatic hydroxyl groups excluding tert-OH is 1. The molecule has 3 N–H and O–H groups in total. The van der Waals surface area contributed by atoms with Gasteiger partial charge in [-0.05, 0) is 57.1 Å². The second-order valence-corrected chi connectivity index (χ2v) is 6.58. The van der Waals surface area contributed by atoms with Gasteiger partial charge in [-0.1, -0.05) is 5.21 Å². The summed E-state index contributed by atoms with van der Waals surface area (Å²) in [6, 6.07) is 5.75. The Balaban J connectivity index is 1.48. The molecule has 3 rings (SSSR count). The third-order valence-corrected chi connectivity index (χ3v) is 4.55. The highest BCUT2D eigenvalue weighted by Crippen LogP contribution is 2.20. The first-order valence-electron chi connectivity index (χ1n) is 9.01. The lowest BCUT2D eigenvalue weighted by molar-refractivity contribution is 0.0839. The summed E-state index contributed by atoms with van der Waals surface area (Å²) in [6.07, 6.45) is 0.994. The van der Waals surface area contributed by atoms with Crippen LogP contribution >= 0.6 is 0 Å². The maximum absolute atomic E-state index is 12.8. The van der Waals surface area contributed by atoms with Gasteiger partial charge in [0.25, 0.3) is 5.91 Å². The fourth-order valence-corrected chi connectivity index (χ4v) is 3.03. The first kappa shape index (κ1) is 19.2. The van der Waals surface area contributed by atoms with E-state index in [0.717, 1.165) is 31.6 Å². The zero-order valence-electron chi connectivity index (χ0n) is 15.2. The highest BCUT2D eigenvalue weighted by molar-refractivity contribution is 5.93. The van der Waals surface area contributed by atoms with Gasteiger partial charge in [0.15, 0.2) is 5.69 Å². The lowest BCUT2D eigenvalue weighted by Crippen LogP contribution is -2.36. The number of amides is 1. The van der Waals surface area contributed by atoms with E-state index in [1.807, 2.05) is 11.6 Å². The van der Waals surface area contributed by atoms with Crippen LogP contribution in [0.3, 0.4) is 0 Å². The van der Waals surface area contributed by atoms with E-state index < -0.39 is 6.10 Å². The number of ether oxygens (including phenoxy) is 1. The Morgan fingerprint density at radius 1 is 1.41 bits per heavy atom. The van der Waals surface area contributed by atoms with E-state index in [2.05, 4.69) is 20.9 Å². The Morgan fingerprint density at radius 3 is 2.81 bits per heavy atom. The predicted molar refractivity (Wildman–Crippen MR) is 96.1 cm³/mol. The molecule has 146 valence electrons. The van der Waals surface area contributed by atoms with Gasteiger partial charge in [-0.15, -0.1) is 5.10 Å². The van der Waals surface area contributed by atoms with Crippen LogP contribution in [0.25, 0.3) is 0 Å². The van der Waals surface area contributed by atoms with Crippen molar-refractivity contribution >= 4 is 5.91 Å². The van der Waals surface area contributed by atoms with Crippen molar-refractivity contribution < 1.29 is 19.0 Å². The van der Waals surface area contributed by atoms with E-state index in [4.69, 9.17) is 4.74 Å². The lowest BCUT2D eigenvalue weighted by Gasteiger charge is -2.23. The number of nitrogens with one attached hydrogen (secondary N) is 2. The minimum Gasteiger partial charge on any atom is -0.491 e. The Bertz CT molecular complexity index is 759. The van der Waals surface area contributed by atoms with Crippen LogP contribution in [-0.4, -0.2) is 58.4 Å². The van der Waals surface area contributed by atoms with Gasteiger partial charge < -0.3 is 20.5 Å². The highest BCUT2D eigenvalue weighted by atomic mass is 19.1. The average molecular weight is 377 g/mol. The third-order valence-electron chi connectivity index (χ3n) is 4.55. The van der Waals surface area contributed by atoms with Crippen molar-refractivity contribution in [2.24, 2.45) is 0 Å².